The number of rotatable bonds is 9. The highest BCUT2D eigenvalue weighted by atomic mass is 35.5. The lowest BCUT2D eigenvalue weighted by molar-refractivity contribution is 0.0582. The summed E-state index contributed by atoms with van der Waals surface area (Å²) in [5.41, 5.74) is 3.15. The van der Waals surface area contributed by atoms with Crippen molar-refractivity contribution >= 4 is 42.8 Å². The van der Waals surface area contributed by atoms with E-state index in [9.17, 15) is 4.79 Å². The predicted molar refractivity (Wildman–Crippen MR) is 161 cm³/mol. The lowest BCUT2D eigenvalue weighted by atomic mass is 9.95. The van der Waals surface area contributed by atoms with Crippen molar-refractivity contribution in [3.05, 3.63) is 108 Å². The Bertz CT molecular complexity index is 1400. The Morgan fingerprint density at radius 1 is 0.875 bits per heavy atom. The Morgan fingerprint density at radius 2 is 1.43 bits per heavy atom. The number of anilines is 1. The van der Waals surface area contributed by atoms with Crippen molar-refractivity contribution in [2.45, 2.75) is 45.5 Å². The molecule has 0 N–H and O–H groups in total. The average molecular weight is 578 g/mol. The second kappa shape index (κ2) is 12.6. The van der Waals surface area contributed by atoms with Gasteiger partial charge in [-0.1, -0.05) is 84.9 Å². The summed E-state index contributed by atoms with van der Waals surface area (Å²) in [7, 11) is -1.79. The highest BCUT2D eigenvalue weighted by Gasteiger charge is 2.37. The van der Waals surface area contributed by atoms with Crippen LogP contribution >= 0.6 is 20.2 Å². The molecule has 0 saturated carbocycles. The lowest BCUT2D eigenvalue weighted by Gasteiger charge is -2.25. The van der Waals surface area contributed by atoms with Crippen molar-refractivity contribution in [3.8, 4) is 5.75 Å². The van der Waals surface area contributed by atoms with Crippen molar-refractivity contribution in [3.63, 3.8) is 0 Å². The molecule has 40 heavy (non-hydrogen) atoms. The van der Waals surface area contributed by atoms with Gasteiger partial charge in [0.05, 0.1) is 18.9 Å². The van der Waals surface area contributed by atoms with Gasteiger partial charge in [0.15, 0.2) is 0 Å². The maximum atomic E-state index is 13.2. The van der Waals surface area contributed by atoms with Crippen LogP contribution in [0, 0.1) is 0 Å². The molecule has 4 aromatic carbocycles. The summed E-state index contributed by atoms with van der Waals surface area (Å²) >= 11 is 6.42. The van der Waals surface area contributed by atoms with Gasteiger partial charge in [0.2, 0.25) is 0 Å². The first-order valence-corrected chi connectivity index (χ1v) is 14.9. The molecule has 1 atom stereocenters. The smallest absolute Gasteiger partial charge is 0.414 e. The monoisotopic (exact) mass is 577 g/mol. The van der Waals surface area contributed by atoms with E-state index in [2.05, 4.69) is 0 Å². The third kappa shape index (κ3) is 6.76. The summed E-state index contributed by atoms with van der Waals surface area (Å²) in [5, 5.41) is 1.88. The van der Waals surface area contributed by atoms with E-state index in [0.717, 1.165) is 33.2 Å². The fourth-order valence-corrected chi connectivity index (χ4v) is 5.93. The molecule has 0 saturated heterocycles. The van der Waals surface area contributed by atoms with Gasteiger partial charge in [-0.15, -0.1) is 11.6 Å². The Hall–Kier alpha value is -3.15. The zero-order valence-corrected chi connectivity index (χ0v) is 24.5. The molecule has 1 unspecified atom stereocenters. The molecule has 208 valence electrons. The number of hydrogen-bond donors (Lipinski definition) is 0. The largest absolute Gasteiger partial charge is 0.443 e. The number of fused-ring (bicyclic) bond motifs is 3. The second-order valence-electron chi connectivity index (χ2n) is 10.6. The van der Waals surface area contributed by atoms with Gasteiger partial charge >= 0.3 is 14.7 Å². The van der Waals surface area contributed by atoms with Crippen LogP contribution in [0.25, 0.3) is 10.8 Å². The standard InChI is InChI=1S/C32H33ClNO5P/c1-32(2,3)38-31(35)34-20-25(19-33)30-27-17-11-10-16-26(27)29(18-28(30)34)39-40(36-21-23-12-6-4-7-13-23)37-22-24-14-8-5-9-15-24/h4-18,25H,19-22H2,1-3H3. The zero-order valence-electron chi connectivity index (χ0n) is 22.9. The van der Waals surface area contributed by atoms with Gasteiger partial charge in [-0.3, -0.25) is 13.9 Å². The second-order valence-corrected chi connectivity index (χ2v) is 12.1. The van der Waals surface area contributed by atoms with Crippen LogP contribution in [0.3, 0.4) is 0 Å². The number of ether oxygens (including phenoxy) is 1. The number of benzene rings is 4. The van der Waals surface area contributed by atoms with Gasteiger partial charge in [0.25, 0.3) is 0 Å². The molecule has 0 bridgehead atoms. The van der Waals surface area contributed by atoms with Crippen LogP contribution in [0.2, 0.25) is 0 Å². The van der Waals surface area contributed by atoms with E-state index in [0.29, 0.717) is 31.4 Å². The number of nitrogens with zero attached hydrogens (tertiary/aromatic N) is 1. The summed E-state index contributed by atoms with van der Waals surface area (Å²) in [5.74, 6) is 0.919. The van der Waals surface area contributed by atoms with E-state index in [1.165, 1.54) is 0 Å². The highest BCUT2D eigenvalue weighted by molar-refractivity contribution is 7.42. The minimum Gasteiger partial charge on any atom is -0.443 e. The Labute approximate surface area is 241 Å². The SMILES string of the molecule is CC(C)(C)OC(=O)N1CC(CCl)c2c1cc(OP(OCc1ccccc1)OCc1ccccc1)c1ccccc21. The number of carbonyl (C=O) groups is 1. The van der Waals surface area contributed by atoms with Crippen LogP contribution in [0.5, 0.6) is 5.75 Å². The van der Waals surface area contributed by atoms with Gasteiger partial charge in [-0.25, -0.2) is 4.79 Å². The first-order valence-electron chi connectivity index (χ1n) is 13.3. The number of alkyl halides is 1. The maximum Gasteiger partial charge on any atom is 0.414 e. The molecule has 8 heteroatoms. The number of hydrogen-bond acceptors (Lipinski definition) is 5. The first-order chi connectivity index (χ1) is 19.3. The van der Waals surface area contributed by atoms with E-state index in [-0.39, 0.29) is 5.92 Å². The topological polar surface area (TPSA) is 57.2 Å². The molecule has 0 aromatic heterocycles. The third-order valence-electron chi connectivity index (χ3n) is 6.46. The van der Waals surface area contributed by atoms with E-state index < -0.39 is 20.3 Å². The lowest BCUT2D eigenvalue weighted by Crippen LogP contribution is -2.36. The molecule has 1 aliphatic rings. The maximum absolute atomic E-state index is 13.2. The zero-order chi connectivity index (χ0) is 28.1. The van der Waals surface area contributed by atoms with Crippen LogP contribution < -0.4 is 9.42 Å². The van der Waals surface area contributed by atoms with E-state index >= 15 is 0 Å². The molecule has 4 aromatic rings. The molecule has 1 aliphatic heterocycles. The molecule has 6 nitrogen and oxygen atoms in total. The van der Waals surface area contributed by atoms with Crippen LogP contribution in [0.15, 0.2) is 91.0 Å². The minimum atomic E-state index is -1.79. The van der Waals surface area contributed by atoms with Crippen molar-refractivity contribution in [1.82, 2.24) is 0 Å². The fourth-order valence-electron chi connectivity index (χ4n) is 4.68. The van der Waals surface area contributed by atoms with Crippen molar-refractivity contribution in [2.24, 2.45) is 0 Å². The van der Waals surface area contributed by atoms with Gasteiger partial charge in [0, 0.05) is 29.8 Å². The molecule has 0 radical (unpaired) electrons. The summed E-state index contributed by atoms with van der Waals surface area (Å²) in [4.78, 5) is 14.9. The normalized spacial score (nSPS) is 14.9. The Balaban J connectivity index is 1.49. The van der Waals surface area contributed by atoms with E-state index in [4.69, 9.17) is 29.9 Å². The van der Waals surface area contributed by atoms with E-state index in [1.807, 2.05) is 112 Å². The number of amides is 1. The Kier molecular flexibility index (Phi) is 8.92. The molecule has 1 heterocycles. The number of carbonyl (C=O) groups excluding carboxylic acids is 1. The fraction of sp³-hybridized carbons (Fsp3) is 0.281. The quantitative estimate of drug-likeness (QED) is 0.147. The highest BCUT2D eigenvalue weighted by Crippen LogP contribution is 2.50. The average Bonchev–Trinajstić information content (AvgIpc) is 3.34. The van der Waals surface area contributed by atoms with Gasteiger partial charge in [-0.05, 0) is 42.8 Å². The summed E-state index contributed by atoms with van der Waals surface area (Å²) in [6.45, 7) is 6.68. The van der Waals surface area contributed by atoms with Crippen molar-refractivity contribution in [1.29, 1.82) is 0 Å². The molecular formula is C32H33ClNO5P. The Morgan fingerprint density at radius 3 is 1.98 bits per heavy atom. The third-order valence-corrected chi connectivity index (χ3v) is 7.86. The molecule has 0 spiro atoms. The van der Waals surface area contributed by atoms with E-state index in [1.54, 1.807) is 4.90 Å². The summed E-state index contributed by atoms with van der Waals surface area (Å²) in [6.07, 6.45) is -0.412. The van der Waals surface area contributed by atoms with Crippen LogP contribution in [0.4, 0.5) is 10.5 Å². The van der Waals surface area contributed by atoms with Crippen LogP contribution in [-0.2, 0) is 27.0 Å². The summed E-state index contributed by atoms with van der Waals surface area (Å²) < 4.78 is 24.6. The van der Waals surface area contributed by atoms with Crippen molar-refractivity contribution < 1.29 is 23.1 Å². The molecule has 0 fully saturated rings. The first kappa shape index (κ1) is 28.4. The molecule has 5 rings (SSSR count). The molecule has 1 amide bonds. The van der Waals surface area contributed by atoms with Gasteiger partial charge in [-0.2, -0.15) is 0 Å². The molecule has 0 aliphatic carbocycles. The van der Waals surface area contributed by atoms with Crippen LogP contribution in [0.1, 0.15) is 43.4 Å². The van der Waals surface area contributed by atoms with Crippen LogP contribution in [-0.4, -0.2) is 24.1 Å². The minimum absolute atomic E-state index is 0.0340. The van der Waals surface area contributed by atoms with Gasteiger partial charge in [0.1, 0.15) is 11.4 Å². The summed E-state index contributed by atoms with van der Waals surface area (Å²) in [6, 6.07) is 29.7. The number of halogens is 1. The van der Waals surface area contributed by atoms with Crippen molar-refractivity contribution in [2.75, 3.05) is 17.3 Å². The van der Waals surface area contributed by atoms with Gasteiger partial charge < -0.3 is 9.26 Å². The predicted octanol–water partition coefficient (Wildman–Crippen LogP) is 8.96. The molecular weight excluding hydrogens is 545 g/mol.